The highest BCUT2D eigenvalue weighted by atomic mass is 16.5. The molecule has 3 rings (SSSR count). The van der Waals surface area contributed by atoms with Crippen molar-refractivity contribution in [1.82, 2.24) is 14.8 Å². The fourth-order valence-electron chi connectivity index (χ4n) is 2.95. The number of aromatic nitrogens is 2. The minimum Gasteiger partial charge on any atom is -0.484 e. The summed E-state index contributed by atoms with van der Waals surface area (Å²) >= 11 is 0. The topological polar surface area (TPSA) is 77.6 Å². The van der Waals surface area contributed by atoms with Crippen molar-refractivity contribution in [1.29, 1.82) is 0 Å². The lowest BCUT2D eigenvalue weighted by molar-refractivity contribution is -0.123. The fourth-order valence-corrected chi connectivity index (χ4v) is 2.95. The first-order valence-corrected chi connectivity index (χ1v) is 9.24. The number of rotatable bonds is 6. The van der Waals surface area contributed by atoms with Crippen LogP contribution in [0, 0.1) is 20.8 Å². The van der Waals surface area contributed by atoms with Gasteiger partial charge in [-0.1, -0.05) is 24.3 Å². The molecule has 0 unspecified atom stereocenters. The van der Waals surface area contributed by atoms with Crippen molar-refractivity contribution in [3.8, 4) is 11.4 Å². The first kappa shape index (κ1) is 20.1. The predicted octanol–water partition coefficient (Wildman–Crippen LogP) is 2.63. The number of benzene rings is 2. The SMILES string of the molecule is Cc1ccc(OCC(=O)N/N=C\c2c(C)c(=O)n(-c3ccccc3)n2C)cc1C. The van der Waals surface area contributed by atoms with Gasteiger partial charge in [0.15, 0.2) is 6.61 Å². The second kappa shape index (κ2) is 8.60. The van der Waals surface area contributed by atoms with Crippen LogP contribution in [0.2, 0.25) is 0 Å². The zero-order chi connectivity index (χ0) is 21.0. The molecule has 7 nitrogen and oxygen atoms in total. The molecule has 0 saturated heterocycles. The standard InChI is InChI=1S/C22H24N4O3/c1-15-10-11-19(12-16(15)2)29-14-21(27)24-23-13-20-17(3)22(28)26(25(20)4)18-8-6-5-7-9-18/h5-13H,14H2,1-4H3,(H,24,27)/b23-13-. The number of carbonyl (C=O) groups excluding carboxylic acids is 1. The van der Waals surface area contributed by atoms with E-state index < -0.39 is 0 Å². The Kier molecular flexibility index (Phi) is 5.97. The second-order valence-electron chi connectivity index (χ2n) is 6.81. The van der Waals surface area contributed by atoms with Crippen molar-refractivity contribution < 1.29 is 9.53 Å². The molecule has 0 bridgehead atoms. The molecule has 0 radical (unpaired) electrons. The van der Waals surface area contributed by atoms with E-state index in [2.05, 4.69) is 10.5 Å². The van der Waals surface area contributed by atoms with Crippen LogP contribution in [0.1, 0.15) is 22.4 Å². The lowest BCUT2D eigenvalue weighted by atomic mass is 10.1. The predicted molar refractivity (Wildman–Crippen MR) is 113 cm³/mol. The molecule has 0 aliphatic carbocycles. The smallest absolute Gasteiger partial charge is 0.277 e. The number of aryl methyl sites for hydroxylation is 2. The van der Waals surface area contributed by atoms with Gasteiger partial charge < -0.3 is 4.74 Å². The van der Waals surface area contributed by atoms with Crippen LogP contribution in [0.25, 0.3) is 5.69 Å². The van der Waals surface area contributed by atoms with E-state index >= 15 is 0 Å². The summed E-state index contributed by atoms with van der Waals surface area (Å²) < 4.78 is 8.75. The Hall–Kier alpha value is -3.61. The van der Waals surface area contributed by atoms with Crippen LogP contribution in [0.5, 0.6) is 5.75 Å². The van der Waals surface area contributed by atoms with Gasteiger partial charge >= 0.3 is 0 Å². The average molecular weight is 392 g/mol. The van der Waals surface area contributed by atoms with Gasteiger partial charge in [0.25, 0.3) is 11.5 Å². The molecular formula is C22H24N4O3. The Morgan fingerprint density at radius 1 is 1.10 bits per heavy atom. The van der Waals surface area contributed by atoms with Gasteiger partial charge in [0.2, 0.25) is 0 Å². The second-order valence-corrected chi connectivity index (χ2v) is 6.81. The molecule has 7 heteroatoms. The highest BCUT2D eigenvalue weighted by molar-refractivity contribution is 5.82. The molecule has 1 heterocycles. The van der Waals surface area contributed by atoms with Crippen molar-refractivity contribution in [2.75, 3.05) is 6.61 Å². The van der Waals surface area contributed by atoms with Crippen LogP contribution in [0.4, 0.5) is 0 Å². The van der Waals surface area contributed by atoms with Crippen LogP contribution < -0.4 is 15.7 Å². The van der Waals surface area contributed by atoms with Crippen LogP contribution in [0.3, 0.4) is 0 Å². The zero-order valence-electron chi connectivity index (χ0n) is 17.0. The molecular weight excluding hydrogens is 368 g/mol. The van der Waals surface area contributed by atoms with Gasteiger partial charge in [-0.15, -0.1) is 0 Å². The molecule has 2 aromatic carbocycles. The number of nitrogens with zero attached hydrogens (tertiary/aromatic N) is 3. The number of amides is 1. The minimum absolute atomic E-state index is 0.135. The van der Waals surface area contributed by atoms with E-state index in [1.807, 2.05) is 62.4 Å². The molecule has 0 aliphatic heterocycles. The number of carbonyl (C=O) groups is 1. The molecule has 0 aliphatic rings. The van der Waals surface area contributed by atoms with Crippen LogP contribution in [0.15, 0.2) is 58.4 Å². The first-order chi connectivity index (χ1) is 13.9. The summed E-state index contributed by atoms with van der Waals surface area (Å²) in [6, 6.07) is 15.0. The Morgan fingerprint density at radius 2 is 1.83 bits per heavy atom. The van der Waals surface area contributed by atoms with E-state index in [-0.39, 0.29) is 18.1 Å². The third-order valence-corrected chi connectivity index (χ3v) is 4.77. The molecule has 0 atom stereocenters. The lowest BCUT2D eigenvalue weighted by Gasteiger charge is -2.08. The normalized spacial score (nSPS) is 11.0. The minimum atomic E-state index is -0.385. The molecule has 1 aromatic heterocycles. The van der Waals surface area contributed by atoms with Crippen LogP contribution in [-0.4, -0.2) is 28.1 Å². The summed E-state index contributed by atoms with van der Waals surface area (Å²) in [5.74, 6) is 0.245. The van der Waals surface area contributed by atoms with Gasteiger partial charge in [0, 0.05) is 12.6 Å². The lowest BCUT2D eigenvalue weighted by Crippen LogP contribution is -2.24. The molecule has 0 saturated carbocycles. The van der Waals surface area contributed by atoms with Crippen LogP contribution in [-0.2, 0) is 11.8 Å². The van der Waals surface area contributed by atoms with Gasteiger partial charge in [0.1, 0.15) is 5.75 Å². The van der Waals surface area contributed by atoms with Crippen molar-refractivity contribution in [2.24, 2.45) is 12.1 Å². The highest BCUT2D eigenvalue weighted by Gasteiger charge is 2.14. The van der Waals surface area contributed by atoms with E-state index in [1.54, 1.807) is 23.3 Å². The molecule has 1 amide bonds. The highest BCUT2D eigenvalue weighted by Crippen LogP contribution is 2.16. The van der Waals surface area contributed by atoms with Crippen molar-refractivity contribution >= 4 is 12.1 Å². The van der Waals surface area contributed by atoms with Crippen LogP contribution >= 0.6 is 0 Å². The summed E-state index contributed by atoms with van der Waals surface area (Å²) in [7, 11) is 1.77. The Balaban J connectivity index is 1.66. The number of para-hydroxylation sites is 1. The van der Waals surface area contributed by atoms with E-state index in [0.29, 0.717) is 17.0 Å². The number of nitrogens with one attached hydrogen (secondary N) is 1. The number of hydrazone groups is 1. The number of ether oxygens (including phenoxy) is 1. The van der Waals surface area contributed by atoms with Crippen molar-refractivity contribution in [3.05, 3.63) is 81.3 Å². The summed E-state index contributed by atoms with van der Waals surface area (Å²) in [4.78, 5) is 24.6. The summed E-state index contributed by atoms with van der Waals surface area (Å²) in [6.07, 6.45) is 1.46. The third kappa shape index (κ3) is 4.45. The van der Waals surface area contributed by atoms with E-state index in [9.17, 15) is 9.59 Å². The van der Waals surface area contributed by atoms with Gasteiger partial charge in [-0.05, 0) is 56.2 Å². The number of hydrogen-bond donors (Lipinski definition) is 1. The van der Waals surface area contributed by atoms with E-state index in [1.165, 1.54) is 6.21 Å². The van der Waals surface area contributed by atoms with E-state index in [4.69, 9.17) is 4.74 Å². The summed E-state index contributed by atoms with van der Waals surface area (Å²) in [5, 5.41) is 3.98. The Morgan fingerprint density at radius 3 is 2.52 bits per heavy atom. The fraction of sp³-hybridized carbons (Fsp3) is 0.227. The molecule has 29 heavy (non-hydrogen) atoms. The average Bonchev–Trinajstić information content (AvgIpc) is 2.92. The third-order valence-electron chi connectivity index (χ3n) is 4.77. The zero-order valence-corrected chi connectivity index (χ0v) is 17.0. The molecule has 0 fully saturated rings. The van der Waals surface area contributed by atoms with Gasteiger partial charge in [-0.3, -0.25) is 14.3 Å². The maximum atomic E-state index is 12.6. The first-order valence-electron chi connectivity index (χ1n) is 9.24. The van der Waals surface area contributed by atoms with Gasteiger partial charge in [0.05, 0.1) is 17.6 Å². The monoisotopic (exact) mass is 392 g/mol. The molecule has 150 valence electrons. The number of hydrogen-bond acceptors (Lipinski definition) is 4. The Bertz CT molecular complexity index is 1110. The summed E-state index contributed by atoms with van der Waals surface area (Å²) in [5.41, 5.74) is 6.46. The maximum Gasteiger partial charge on any atom is 0.277 e. The van der Waals surface area contributed by atoms with E-state index in [0.717, 1.165) is 16.8 Å². The Labute approximate surface area is 169 Å². The van der Waals surface area contributed by atoms with Gasteiger partial charge in [-0.25, -0.2) is 10.1 Å². The van der Waals surface area contributed by atoms with Gasteiger partial charge in [-0.2, -0.15) is 5.10 Å². The molecule has 1 N–H and O–H groups in total. The quantitative estimate of drug-likeness (QED) is 0.517. The maximum absolute atomic E-state index is 12.6. The molecule has 3 aromatic rings. The van der Waals surface area contributed by atoms with Crippen molar-refractivity contribution in [3.63, 3.8) is 0 Å². The van der Waals surface area contributed by atoms with Crippen molar-refractivity contribution in [2.45, 2.75) is 20.8 Å². The summed E-state index contributed by atoms with van der Waals surface area (Å²) in [6.45, 7) is 5.58. The molecule has 0 spiro atoms. The largest absolute Gasteiger partial charge is 0.484 e.